The van der Waals surface area contributed by atoms with Gasteiger partial charge in [-0.3, -0.25) is 9.36 Å². The maximum atomic E-state index is 15.1. The van der Waals surface area contributed by atoms with Gasteiger partial charge in [0.2, 0.25) is 0 Å². The lowest BCUT2D eigenvalue weighted by Crippen LogP contribution is -2.42. The van der Waals surface area contributed by atoms with Crippen LogP contribution in [0.15, 0.2) is 65.5 Å². The molecule has 194 valence electrons. The Kier molecular flexibility index (Phi) is 7.88. The van der Waals surface area contributed by atoms with Crippen LogP contribution >= 0.6 is 0 Å². The van der Waals surface area contributed by atoms with Crippen LogP contribution in [-0.4, -0.2) is 38.1 Å². The number of nitrogens with zero attached hydrogens (tertiary/aromatic N) is 4. The molecule has 0 aliphatic heterocycles. The van der Waals surface area contributed by atoms with Gasteiger partial charge in [-0.05, 0) is 56.5 Å². The van der Waals surface area contributed by atoms with Crippen LogP contribution in [0, 0.1) is 25.6 Å². The summed E-state index contributed by atoms with van der Waals surface area (Å²) in [5, 5.41) is 4.16. The molecule has 0 aliphatic carbocycles. The molecule has 4 rings (SSSR count). The van der Waals surface area contributed by atoms with Crippen molar-refractivity contribution in [1.29, 1.82) is 0 Å². The van der Waals surface area contributed by atoms with E-state index in [1.807, 2.05) is 75.4 Å². The number of benzene rings is 2. The van der Waals surface area contributed by atoms with Crippen LogP contribution in [0.1, 0.15) is 59.2 Å². The predicted molar refractivity (Wildman–Crippen MR) is 143 cm³/mol. The molecule has 2 aromatic heterocycles. The van der Waals surface area contributed by atoms with E-state index >= 15 is 4.39 Å². The fourth-order valence-electron chi connectivity index (χ4n) is 4.76. The lowest BCUT2D eigenvalue weighted by Gasteiger charge is -2.36. The van der Waals surface area contributed by atoms with Crippen LogP contribution in [0.25, 0.3) is 5.52 Å². The van der Waals surface area contributed by atoms with Crippen molar-refractivity contribution in [3.05, 3.63) is 105 Å². The molecular formula is C29H34FN5O2. The second-order valence-corrected chi connectivity index (χ2v) is 9.82. The minimum absolute atomic E-state index is 0.0804. The number of rotatable bonds is 9. The topological polar surface area (TPSA) is 85.6 Å². The van der Waals surface area contributed by atoms with E-state index in [4.69, 9.17) is 5.73 Å². The molecular weight excluding hydrogens is 469 g/mol. The van der Waals surface area contributed by atoms with Crippen LogP contribution in [0.3, 0.4) is 0 Å². The number of hydrogen-bond acceptors (Lipinski definition) is 4. The van der Waals surface area contributed by atoms with E-state index in [2.05, 4.69) is 5.10 Å². The smallest absolute Gasteiger partial charge is 0.330 e. The van der Waals surface area contributed by atoms with Gasteiger partial charge in [0.15, 0.2) is 5.82 Å². The molecule has 0 bridgehead atoms. The van der Waals surface area contributed by atoms with Gasteiger partial charge in [-0.2, -0.15) is 9.61 Å². The molecule has 4 aromatic rings. The molecule has 0 saturated carbocycles. The number of fused-ring (bicyclic) bond motifs is 1. The Morgan fingerprint density at radius 2 is 1.76 bits per heavy atom. The Hall–Kier alpha value is -3.78. The van der Waals surface area contributed by atoms with Crippen LogP contribution in [-0.2, 0) is 6.54 Å². The molecule has 0 spiro atoms. The SMILES string of the molecule is Cc1ccc(C(=O)N(CCCN)[C@@H](c2cc3c(F)c(C)nn3c(=O)n2Cc2ccccc2)C(C)C)cc1. The number of aromatic nitrogens is 3. The zero-order chi connectivity index (χ0) is 26.7. The van der Waals surface area contributed by atoms with Crippen molar-refractivity contribution >= 4 is 11.4 Å². The highest BCUT2D eigenvalue weighted by atomic mass is 19.1. The van der Waals surface area contributed by atoms with Gasteiger partial charge in [-0.25, -0.2) is 9.18 Å². The molecule has 0 fully saturated rings. The maximum Gasteiger partial charge on any atom is 0.349 e. The first-order valence-electron chi connectivity index (χ1n) is 12.6. The van der Waals surface area contributed by atoms with E-state index in [1.54, 1.807) is 15.5 Å². The van der Waals surface area contributed by atoms with Crippen molar-refractivity contribution in [2.45, 2.75) is 46.7 Å². The van der Waals surface area contributed by atoms with Crippen molar-refractivity contribution in [3.63, 3.8) is 0 Å². The number of nitrogens with two attached hydrogens (primary N) is 1. The molecule has 8 heteroatoms. The van der Waals surface area contributed by atoms with Gasteiger partial charge in [0, 0.05) is 17.8 Å². The minimum atomic E-state index is -0.536. The van der Waals surface area contributed by atoms with Gasteiger partial charge in [-0.15, -0.1) is 0 Å². The zero-order valence-electron chi connectivity index (χ0n) is 21.8. The largest absolute Gasteiger partial charge is 0.349 e. The highest BCUT2D eigenvalue weighted by Crippen LogP contribution is 2.31. The zero-order valence-corrected chi connectivity index (χ0v) is 21.8. The second-order valence-electron chi connectivity index (χ2n) is 9.82. The molecule has 37 heavy (non-hydrogen) atoms. The highest BCUT2D eigenvalue weighted by Gasteiger charge is 2.32. The quantitative estimate of drug-likeness (QED) is 0.365. The molecule has 7 nitrogen and oxygen atoms in total. The number of halogens is 1. The molecule has 2 N–H and O–H groups in total. The van der Waals surface area contributed by atoms with E-state index < -0.39 is 17.5 Å². The molecule has 0 radical (unpaired) electrons. The Bertz CT molecular complexity index is 1440. The first kappa shape index (κ1) is 26.3. The predicted octanol–water partition coefficient (Wildman–Crippen LogP) is 4.49. The first-order valence-corrected chi connectivity index (χ1v) is 12.6. The van der Waals surface area contributed by atoms with E-state index in [1.165, 1.54) is 6.92 Å². The number of hydrogen-bond donors (Lipinski definition) is 1. The summed E-state index contributed by atoms with van der Waals surface area (Å²) in [6.45, 7) is 8.59. The average Bonchev–Trinajstić information content (AvgIpc) is 3.17. The molecule has 0 aliphatic rings. The summed E-state index contributed by atoms with van der Waals surface area (Å²) < 4.78 is 17.8. The van der Waals surface area contributed by atoms with Gasteiger partial charge in [-0.1, -0.05) is 61.9 Å². The highest BCUT2D eigenvalue weighted by molar-refractivity contribution is 5.94. The maximum absolute atomic E-state index is 15.1. The summed E-state index contributed by atoms with van der Waals surface area (Å²) >= 11 is 0. The molecule has 0 saturated heterocycles. The van der Waals surface area contributed by atoms with E-state index in [0.717, 1.165) is 15.6 Å². The van der Waals surface area contributed by atoms with Gasteiger partial charge >= 0.3 is 5.69 Å². The summed E-state index contributed by atoms with van der Waals surface area (Å²) in [7, 11) is 0. The first-order chi connectivity index (χ1) is 17.7. The number of carbonyl (C=O) groups excluding carboxylic acids is 1. The number of amides is 1. The van der Waals surface area contributed by atoms with Gasteiger partial charge in [0.1, 0.15) is 5.52 Å². The third kappa shape index (κ3) is 5.34. The fourth-order valence-corrected chi connectivity index (χ4v) is 4.76. The normalized spacial score (nSPS) is 12.3. The Morgan fingerprint density at radius 3 is 2.38 bits per heavy atom. The van der Waals surface area contributed by atoms with Gasteiger partial charge < -0.3 is 10.6 Å². The third-order valence-electron chi connectivity index (χ3n) is 6.65. The van der Waals surface area contributed by atoms with E-state index in [9.17, 15) is 9.59 Å². The second kappa shape index (κ2) is 11.1. The van der Waals surface area contributed by atoms with Gasteiger partial charge in [0.05, 0.1) is 18.3 Å². The van der Waals surface area contributed by atoms with Crippen LogP contribution in [0.2, 0.25) is 0 Å². The van der Waals surface area contributed by atoms with Crippen molar-refractivity contribution in [1.82, 2.24) is 19.1 Å². The lowest BCUT2D eigenvalue weighted by atomic mass is 9.96. The molecule has 2 aromatic carbocycles. The fraction of sp³-hybridized carbons (Fsp3) is 0.345. The van der Waals surface area contributed by atoms with Crippen molar-refractivity contribution in [2.24, 2.45) is 11.7 Å². The third-order valence-corrected chi connectivity index (χ3v) is 6.65. The Morgan fingerprint density at radius 1 is 1.08 bits per heavy atom. The summed E-state index contributed by atoms with van der Waals surface area (Å²) in [5.41, 5.74) is 8.74. The van der Waals surface area contributed by atoms with Crippen molar-refractivity contribution < 1.29 is 9.18 Å². The van der Waals surface area contributed by atoms with Crippen LogP contribution in [0.4, 0.5) is 4.39 Å². The van der Waals surface area contributed by atoms with E-state index in [-0.39, 0.29) is 29.6 Å². The van der Waals surface area contributed by atoms with Crippen LogP contribution < -0.4 is 11.4 Å². The standard InChI is InChI=1S/C29H34FN5O2/c1-19(2)27(33(16-8-15-31)28(36)23-13-11-20(3)12-14-23)25-17-24-26(30)21(4)32-35(24)29(37)34(25)18-22-9-6-5-7-10-22/h5-7,9-14,17,19,27H,8,15-16,18,31H2,1-4H3/t27-/m1/s1. The van der Waals surface area contributed by atoms with Gasteiger partial charge in [0.25, 0.3) is 5.91 Å². The van der Waals surface area contributed by atoms with Crippen LogP contribution in [0.5, 0.6) is 0 Å². The Labute approximate surface area is 216 Å². The lowest BCUT2D eigenvalue weighted by molar-refractivity contribution is 0.0609. The minimum Gasteiger partial charge on any atom is -0.330 e. The summed E-state index contributed by atoms with van der Waals surface area (Å²) in [4.78, 5) is 29.4. The molecule has 0 unspecified atom stereocenters. The summed E-state index contributed by atoms with van der Waals surface area (Å²) in [6.07, 6.45) is 0.589. The molecule has 1 atom stereocenters. The average molecular weight is 504 g/mol. The van der Waals surface area contributed by atoms with Crippen molar-refractivity contribution in [2.75, 3.05) is 13.1 Å². The van der Waals surface area contributed by atoms with E-state index in [0.29, 0.717) is 30.8 Å². The monoisotopic (exact) mass is 503 g/mol. The Balaban J connectivity index is 1.94. The molecule has 1 amide bonds. The number of carbonyl (C=O) groups is 1. The molecule has 2 heterocycles. The number of aryl methyl sites for hydroxylation is 2. The summed E-state index contributed by atoms with van der Waals surface area (Å²) in [5.74, 6) is -0.773. The summed E-state index contributed by atoms with van der Waals surface area (Å²) in [6, 6.07) is 18.2. The van der Waals surface area contributed by atoms with Crippen molar-refractivity contribution in [3.8, 4) is 0 Å².